The maximum atomic E-state index is 13.1. The lowest BCUT2D eigenvalue weighted by Gasteiger charge is -2.06. The van der Waals surface area contributed by atoms with E-state index in [1.165, 1.54) is 0 Å². The van der Waals surface area contributed by atoms with Gasteiger partial charge in [0, 0.05) is 35.7 Å². The molecule has 2 aromatic carbocycles. The second kappa shape index (κ2) is 6.04. The summed E-state index contributed by atoms with van der Waals surface area (Å²) in [5.41, 5.74) is 2.53. The Bertz CT molecular complexity index is 833. The van der Waals surface area contributed by atoms with Crippen molar-refractivity contribution >= 4 is 5.70 Å². The van der Waals surface area contributed by atoms with E-state index in [0.29, 0.717) is 5.75 Å². The molecule has 0 N–H and O–H groups in total. The molecule has 0 aliphatic rings. The van der Waals surface area contributed by atoms with Gasteiger partial charge in [0.15, 0.2) is 0 Å². The van der Waals surface area contributed by atoms with Crippen molar-refractivity contribution < 1.29 is 13.5 Å². The lowest BCUT2D eigenvalue weighted by molar-refractivity contribution is 0.468. The minimum atomic E-state index is -0.679. The number of hydrogen-bond donors (Lipinski definition) is 0. The zero-order valence-electron chi connectivity index (χ0n) is 12.5. The molecule has 3 aromatic rings. The molecule has 1 heterocycles. The standard InChI is InChI=1S/C18H14F2N2O/c1-12(2)22-8-7-18(21-22)13-3-5-16(6-4-13)23-17-10-14(19)9-15(20)11-17/h3-11H,1H2,2H3/i19-1. The number of benzene rings is 2. The van der Waals surface area contributed by atoms with E-state index in [-0.39, 0.29) is 5.75 Å². The molecule has 1 aromatic heterocycles. The third-order valence-corrected chi connectivity index (χ3v) is 3.20. The van der Waals surface area contributed by atoms with Crippen molar-refractivity contribution in [3.8, 4) is 22.8 Å². The van der Waals surface area contributed by atoms with Crippen LogP contribution in [0.2, 0.25) is 0 Å². The SMILES string of the molecule is C=C(C)n1ccc(-c2ccc(Oc3cc(F)cc([18F])c3)cc2)n1. The number of ether oxygens (including phenoxy) is 1. The van der Waals surface area contributed by atoms with Gasteiger partial charge in [-0.3, -0.25) is 0 Å². The molecule has 0 atom stereocenters. The zero-order valence-corrected chi connectivity index (χ0v) is 12.5. The lowest BCUT2D eigenvalue weighted by Crippen LogP contribution is -1.92. The molecule has 0 unspecified atom stereocenters. The number of halogens is 2. The molecule has 0 fully saturated rings. The number of aromatic nitrogens is 2. The molecule has 0 amide bonds. The molecule has 116 valence electrons. The number of nitrogens with zero attached hydrogens (tertiary/aromatic N) is 2. The van der Waals surface area contributed by atoms with Gasteiger partial charge in [-0.1, -0.05) is 6.58 Å². The first kappa shape index (κ1) is 15.0. The van der Waals surface area contributed by atoms with E-state index in [2.05, 4.69) is 11.7 Å². The molecule has 0 saturated heterocycles. The molecule has 0 spiro atoms. The molecule has 0 radical (unpaired) electrons. The summed E-state index contributed by atoms with van der Waals surface area (Å²) in [7, 11) is 0. The van der Waals surface area contributed by atoms with E-state index in [0.717, 1.165) is 35.2 Å². The summed E-state index contributed by atoms with van der Waals surface area (Å²) >= 11 is 0. The van der Waals surface area contributed by atoms with Gasteiger partial charge in [-0.05, 0) is 37.3 Å². The van der Waals surface area contributed by atoms with Crippen molar-refractivity contribution in [3.05, 3.63) is 72.9 Å². The van der Waals surface area contributed by atoms with Crippen molar-refractivity contribution in [2.75, 3.05) is 0 Å². The lowest BCUT2D eigenvalue weighted by atomic mass is 10.1. The largest absolute Gasteiger partial charge is 0.457 e. The highest BCUT2D eigenvalue weighted by atomic mass is 19.1. The topological polar surface area (TPSA) is 27.1 Å². The normalized spacial score (nSPS) is 10.6. The molecule has 0 aliphatic heterocycles. The Hall–Kier alpha value is -2.95. The monoisotopic (exact) mass is 311 g/mol. The first-order chi connectivity index (χ1) is 11.0. The Morgan fingerprint density at radius 2 is 1.65 bits per heavy atom. The second-order valence-corrected chi connectivity index (χ2v) is 5.11. The van der Waals surface area contributed by atoms with Crippen molar-refractivity contribution in [1.29, 1.82) is 0 Å². The van der Waals surface area contributed by atoms with E-state index < -0.39 is 11.6 Å². The highest BCUT2D eigenvalue weighted by molar-refractivity contribution is 5.60. The van der Waals surface area contributed by atoms with Crippen LogP contribution in [0.5, 0.6) is 11.5 Å². The minimum Gasteiger partial charge on any atom is -0.457 e. The van der Waals surface area contributed by atoms with Gasteiger partial charge >= 0.3 is 0 Å². The van der Waals surface area contributed by atoms with Gasteiger partial charge in [0.25, 0.3) is 0 Å². The summed E-state index contributed by atoms with van der Waals surface area (Å²) in [6.45, 7) is 5.69. The predicted molar refractivity (Wildman–Crippen MR) is 85.1 cm³/mol. The Kier molecular flexibility index (Phi) is 3.93. The van der Waals surface area contributed by atoms with Crippen LogP contribution in [0.3, 0.4) is 0 Å². The molecule has 0 bridgehead atoms. The summed E-state index contributed by atoms with van der Waals surface area (Å²) in [6.07, 6.45) is 1.83. The molecule has 5 heteroatoms. The Morgan fingerprint density at radius 3 is 2.22 bits per heavy atom. The average molecular weight is 311 g/mol. The molecule has 0 aliphatic carbocycles. The van der Waals surface area contributed by atoms with Crippen LogP contribution < -0.4 is 4.74 Å². The first-order valence-corrected chi connectivity index (χ1v) is 6.97. The van der Waals surface area contributed by atoms with E-state index in [4.69, 9.17) is 4.74 Å². The van der Waals surface area contributed by atoms with Crippen LogP contribution in [0, 0.1) is 11.6 Å². The van der Waals surface area contributed by atoms with Gasteiger partial charge in [-0.2, -0.15) is 5.10 Å². The predicted octanol–water partition coefficient (Wildman–Crippen LogP) is 5.11. The fourth-order valence-corrected chi connectivity index (χ4v) is 2.11. The maximum absolute atomic E-state index is 13.1. The van der Waals surface area contributed by atoms with Crippen molar-refractivity contribution in [3.63, 3.8) is 0 Å². The molecule has 23 heavy (non-hydrogen) atoms. The van der Waals surface area contributed by atoms with Crippen LogP contribution in [-0.4, -0.2) is 9.78 Å². The quantitative estimate of drug-likeness (QED) is 0.669. The van der Waals surface area contributed by atoms with E-state index in [1.807, 2.05) is 31.3 Å². The minimum absolute atomic E-state index is 0.113. The number of rotatable bonds is 4. The van der Waals surface area contributed by atoms with Gasteiger partial charge in [0.05, 0.1) is 5.69 Å². The van der Waals surface area contributed by atoms with Crippen molar-refractivity contribution in [1.82, 2.24) is 9.78 Å². The fraction of sp³-hybridized carbons (Fsp3) is 0.0556. The first-order valence-electron chi connectivity index (χ1n) is 6.97. The smallest absolute Gasteiger partial charge is 0.133 e. The Labute approximate surface area is 132 Å². The van der Waals surface area contributed by atoms with Crippen molar-refractivity contribution in [2.24, 2.45) is 0 Å². The summed E-state index contributed by atoms with van der Waals surface area (Å²) in [5, 5.41) is 4.39. The summed E-state index contributed by atoms with van der Waals surface area (Å²) in [6, 6.07) is 12.0. The van der Waals surface area contributed by atoms with Gasteiger partial charge in [0.1, 0.15) is 23.1 Å². The number of allylic oxidation sites excluding steroid dienone is 1. The number of hydrogen-bond acceptors (Lipinski definition) is 2. The van der Waals surface area contributed by atoms with Crippen LogP contribution in [0.25, 0.3) is 17.0 Å². The zero-order chi connectivity index (χ0) is 16.4. The average Bonchev–Trinajstić information content (AvgIpc) is 2.97. The van der Waals surface area contributed by atoms with Crippen LogP contribution in [-0.2, 0) is 0 Å². The van der Waals surface area contributed by atoms with Gasteiger partial charge < -0.3 is 4.74 Å². The van der Waals surface area contributed by atoms with E-state index in [9.17, 15) is 8.78 Å². The van der Waals surface area contributed by atoms with Crippen molar-refractivity contribution in [2.45, 2.75) is 6.92 Å². The van der Waals surface area contributed by atoms with Crippen LogP contribution in [0.15, 0.2) is 61.3 Å². The Morgan fingerprint density at radius 1 is 1.00 bits per heavy atom. The summed E-state index contributed by atoms with van der Waals surface area (Å²) in [5.74, 6) is -0.760. The summed E-state index contributed by atoms with van der Waals surface area (Å²) in [4.78, 5) is 0. The molecule has 3 nitrogen and oxygen atoms in total. The van der Waals surface area contributed by atoms with Gasteiger partial charge in [0.2, 0.25) is 0 Å². The molecule has 3 rings (SSSR count). The third kappa shape index (κ3) is 3.45. The van der Waals surface area contributed by atoms with Gasteiger partial charge in [-0.25, -0.2) is 13.5 Å². The van der Waals surface area contributed by atoms with Crippen LogP contribution >= 0.6 is 0 Å². The maximum Gasteiger partial charge on any atom is 0.133 e. The van der Waals surface area contributed by atoms with Crippen LogP contribution in [0.1, 0.15) is 6.92 Å². The highest BCUT2D eigenvalue weighted by Gasteiger charge is 2.06. The second-order valence-electron chi connectivity index (χ2n) is 5.11. The molecule has 0 saturated carbocycles. The fourth-order valence-electron chi connectivity index (χ4n) is 2.11. The molecular formula is C18H14F2N2O. The van der Waals surface area contributed by atoms with E-state index in [1.54, 1.807) is 16.8 Å². The summed E-state index contributed by atoms with van der Waals surface area (Å²) < 4.78 is 33.4. The van der Waals surface area contributed by atoms with Gasteiger partial charge in [-0.15, -0.1) is 0 Å². The van der Waals surface area contributed by atoms with Crippen LogP contribution in [0.4, 0.5) is 8.78 Å². The third-order valence-electron chi connectivity index (χ3n) is 3.20. The van der Waals surface area contributed by atoms with E-state index >= 15 is 0 Å². The molecular weight excluding hydrogens is 297 g/mol. The highest BCUT2D eigenvalue weighted by Crippen LogP contribution is 2.26. The Balaban J connectivity index is 1.79.